The number of carbonyl (C=O) groups excluding carboxylic acids is 3. The molecule has 1 atom stereocenters. The van der Waals surface area contributed by atoms with Crippen molar-refractivity contribution < 1.29 is 19.1 Å². The summed E-state index contributed by atoms with van der Waals surface area (Å²) in [5.74, 6) is -0.228. The second-order valence-electron chi connectivity index (χ2n) is 8.00. The molecule has 162 valence electrons. The third-order valence-corrected chi connectivity index (χ3v) is 6.78. The molecule has 3 amide bonds. The lowest BCUT2D eigenvalue weighted by Gasteiger charge is -2.37. The molecule has 31 heavy (non-hydrogen) atoms. The summed E-state index contributed by atoms with van der Waals surface area (Å²) in [5.41, 5.74) is 1.02. The average molecular weight is 532 g/mol. The summed E-state index contributed by atoms with van der Waals surface area (Å²) in [5, 5.41) is 0. The number of halogens is 1. The first-order valence-corrected chi connectivity index (χ1v) is 11.7. The zero-order valence-electron chi connectivity index (χ0n) is 17.4. The van der Waals surface area contributed by atoms with Crippen molar-refractivity contribution in [2.75, 3.05) is 12.0 Å². The van der Waals surface area contributed by atoms with Crippen molar-refractivity contribution in [1.29, 1.82) is 0 Å². The van der Waals surface area contributed by atoms with Crippen LogP contribution in [-0.2, 0) is 9.59 Å². The van der Waals surface area contributed by atoms with Gasteiger partial charge in [0, 0.05) is 15.2 Å². The van der Waals surface area contributed by atoms with E-state index in [1.165, 1.54) is 4.90 Å². The Labute approximate surface area is 195 Å². The van der Waals surface area contributed by atoms with Gasteiger partial charge in [-0.1, -0.05) is 25.3 Å². The van der Waals surface area contributed by atoms with Crippen molar-refractivity contribution in [3.05, 3.63) is 57.7 Å². The number of ether oxygens (including phenoxy) is 1. The van der Waals surface area contributed by atoms with Gasteiger partial charge in [-0.15, -0.1) is 0 Å². The Balaban J connectivity index is 1.68. The van der Waals surface area contributed by atoms with Gasteiger partial charge in [0.15, 0.2) is 0 Å². The zero-order valence-corrected chi connectivity index (χ0v) is 19.6. The van der Waals surface area contributed by atoms with Crippen LogP contribution in [0.25, 0.3) is 0 Å². The maximum Gasteiger partial charge on any atom is 0.257 e. The second-order valence-corrected chi connectivity index (χ2v) is 9.25. The molecule has 2 aromatic carbocycles. The highest BCUT2D eigenvalue weighted by atomic mass is 127. The fourth-order valence-corrected chi connectivity index (χ4v) is 4.88. The van der Waals surface area contributed by atoms with Crippen molar-refractivity contribution in [2.24, 2.45) is 0 Å². The van der Waals surface area contributed by atoms with Crippen LogP contribution in [0.4, 0.5) is 5.69 Å². The van der Waals surface area contributed by atoms with Crippen molar-refractivity contribution in [2.45, 2.75) is 50.6 Å². The van der Waals surface area contributed by atoms with Gasteiger partial charge in [-0.3, -0.25) is 14.4 Å². The molecule has 1 heterocycles. The van der Waals surface area contributed by atoms with E-state index in [2.05, 4.69) is 22.6 Å². The largest absolute Gasteiger partial charge is 0.497 e. The highest BCUT2D eigenvalue weighted by Crippen LogP contribution is 2.32. The molecule has 2 fully saturated rings. The van der Waals surface area contributed by atoms with Crippen LogP contribution < -0.4 is 9.64 Å². The summed E-state index contributed by atoms with van der Waals surface area (Å²) in [6.45, 7) is 0. The van der Waals surface area contributed by atoms with E-state index in [0.29, 0.717) is 17.0 Å². The maximum atomic E-state index is 13.6. The molecular formula is C24H25IN2O4. The van der Waals surface area contributed by atoms with Gasteiger partial charge in [-0.05, 0) is 77.9 Å². The van der Waals surface area contributed by atoms with Crippen molar-refractivity contribution >= 4 is 46.0 Å². The van der Waals surface area contributed by atoms with Gasteiger partial charge in [0.1, 0.15) is 11.8 Å². The van der Waals surface area contributed by atoms with Crippen LogP contribution in [0.5, 0.6) is 5.75 Å². The number of amides is 3. The smallest absolute Gasteiger partial charge is 0.257 e. The minimum absolute atomic E-state index is 0.0109. The van der Waals surface area contributed by atoms with E-state index in [4.69, 9.17) is 4.74 Å². The maximum absolute atomic E-state index is 13.6. The molecule has 0 N–H and O–H groups in total. The monoisotopic (exact) mass is 532 g/mol. The minimum atomic E-state index is -0.784. The molecule has 7 heteroatoms. The van der Waals surface area contributed by atoms with E-state index >= 15 is 0 Å². The van der Waals surface area contributed by atoms with Gasteiger partial charge in [0.2, 0.25) is 5.91 Å². The topological polar surface area (TPSA) is 66.9 Å². The van der Waals surface area contributed by atoms with Crippen molar-refractivity contribution in [3.8, 4) is 5.75 Å². The lowest BCUT2D eigenvalue weighted by Crippen LogP contribution is -2.51. The molecule has 4 rings (SSSR count). The SMILES string of the molecule is COc1cccc(C(=O)N(C2CCCCC2)C2CC(=O)N(c3ccc(I)cc3)C2=O)c1. The van der Waals surface area contributed by atoms with E-state index in [9.17, 15) is 14.4 Å². The third kappa shape index (κ3) is 4.46. The van der Waals surface area contributed by atoms with Crippen molar-refractivity contribution in [1.82, 2.24) is 4.90 Å². The molecule has 2 aromatic rings. The summed E-state index contributed by atoms with van der Waals surface area (Å²) >= 11 is 2.18. The number of anilines is 1. The van der Waals surface area contributed by atoms with Crippen molar-refractivity contribution in [3.63, 3.8) is 0 Å². The Hall–Kier alpha value is -2.42. The number of carbonyl (C=O) groups is 3. The second kappa shape index (κ2) is 9.38. The normalized spacial score (nSPS) is 19.5. The summed E-state index contributed by atoms with van der Waals surface area (Å²) in [4.78, 5) is 42.8. The molecule has 0 aromatic heterocycles. The van der Waals surface area contributed by atoms with E-state index in [-0.39, 0.29) is 30.2 Å². The quantitative estimate of drug-likeness (QED) is 0.423. The van der Waals surface area contributed by atoms with Crippen LogP contribution in [0.1, 0.15) is 48.9 Å². The van der Waals surface area contributed by atoms with E-state index < -0.39 is 6.04 Å². The lowest BCUT2D eigenvalue weighted by molar-refractivity contribution is -0.123. The van der Waals surface area contributed by atoms with E-state index in [1.807, 2.05) is 12.1 Å². The number of imide groups is 1. The van der Waals surface area contributed by atoms with Crippen LogP contribution in [0.2, 0.25) is 0 Å². The van der Waals surface area contributed by atoms with Gasteiger partial charge >= 0.3 is 0 Å². The molecule has 2 aliphatic rings. The molecule has 0 radical (unpaired) electrons. The first-order valence-electron chi connectivity index (χ1n) is 10.6. The molecule has 1 saturated heterocycles. The zero-order chi connectivity index (χ0) is 22.0. The molecule has 1 saturated carbocycles. The number of methoxy groups -OCH3 is 1. The number of hydrogen-bond acceptors (Lipinski definition) is 4. The highest BCUT2D eigenvalue weighted by molar-refractivity contribution is 14.1. The fraction of sp³-hybridized carbons (Fsp3) is 0.375. The molecule has 1 aliphatic carbocycles. The predicted molar refractivity (Wildman–Crippen MR) is 126 cm³/mol. The van der Waals surface area contributed by atoms with Crippen LogP contribution >= 0.6 is 22.6 Å². The summed E-state index contributed by atoms with van der Waals surface area (Å²) < 4.78 is 6.30. The Morgan fingerprint density at radius 3 is 2.45 bits per heavy atom. The number of rotatable bonds is 5. The Bertz CT molecular complexity index is 985. The van der Waals surface area contributed by atoms with Gasteiger partial charge in [-0.2, -0.15) is 0 Å². The lowest BCUT2D eigenvalue weighted by atomic mass is 9.92. The fourth-order valence-electron chi connectivity index (χ4n) is 4.52. The molecular weight excluding hydrogens is 507 g/mol. The molecule has 1 aliphatic heterocycles. The van der Waals surface area contributed by atoms with Gasteiger partial charge in [-0.25, -0.2) is 4.90 Å². The van der Waals surface area contributed by atoms with Gasteiger partial charge in [0.05, 0.1) is 19.2 Å². The standard InChI is InChI=1S/C24H25IN2O4/c1-31-20-9-5-6-16(14-20)23(29)26(18-7-3-2-4-8-18)21-15-22(28)27(24(21)30)19-12-10-17(25)11-13-19/h5-6,9-14,18,21H,2-4,7-8,15H2,1H3. The predicted octanol–water partition coefficient (Wildman–Crippen LogP) is 4.41. The molecule has 6 nitrogen and oxygen atoms in total. The van der Waals surface area contributed by atoms with Crippen LogP contribution in [0.3, 0.4) is 0 Å². The first kappa shape index (κ1) is 21.8. The van der Waals surface area contributed by atoms with E-state index in [0.717, 1.165) is 35.7 Å². The highest BCUT2D eigenvalue weighted by Gasteiger charge is 2.46. The summed E-state index contributed by atoms with van der Waals surface area (Å²) in [6, 6.07) is 13.4. The number of benzene rings is 2. The summed E-state index contributed by atoms with van der Waals surface area (Å²) in [7, 11) is 1.56. The van der Waals surface area contributed by atoms with Crippen LogP contribution in [0, 0.1) is 3.57 Å². The van der Waals surface area contributed by atoms with Crippen LogP contribution in [-0.4, -0.2) is 41.8 Å². The van der Waals surface area contributed by atoms with Crippen LogP contribution in [0.15, 0.2) is 48.5 Å². The van der Waals surface area contributed by atoms with E-state index in [1.54, 1.807) is 48.4 Å². The Morgan fingerprint density at radius 1 is 1.06 bits per heavy atom. The third-order valence-electron chi connectivity index (χ3n) is 6.06. The summed E-state index contributed by atoms with van der Waals surface area (Å²) in [6.07, 6.45) is 4.86. The molecule has 0 bridgehead atoms. The Morgan fingerprint density at radius 2 is 1.77 bits per heavy atom. The first-order chi connectivity index (χ1) is 15.0. The molecule has 0 spiro atoms. The Kier molecular flexibility index (Phi) is 6.60. The minimum Gasteiger partial charge on any atom is -0.497 e. The van der Waals surface area contributed by atoms with Gasteiger partial charge < -0.3 is 9.64 Å². The number of hydrogen-bond donors (Lipinski definition) is 0. The average Bonchev–Trinajstić information content (AvgIpc) is 3.09. The molecule has 1 unspecified atom stereocenters. The van der Waals surface area contributed by atoms with Gasteiger partial charge in [0.25, 0.3) is 11.8 Å². The number of nitrogens with zero attached hydrogens (tertiary/aromatic N) is 2.